The fourth-order valence-corrected chi connectivity index (χ4v) is 5.04. The van der Waals surface area contributed by atoms with Crippen LogP contribution in [0.5, 0.6) is 5.75 Å². The number of imidazole rings is 1. The van der Waals surface area contributed by atoms with Crippen molar-refractivity contribution in [3.63, 3.8) is 0 Å². The van der Waals surface area contributed by atoms with Gasteiger partial charge in [0.25, 0.3) is 0 Å². The third-order valence-electron chi connectivity index (χ3n) is 6.42. The van der Waals surface area contributed by atoms with Gasteiger partial charge < -0.3 is 19.7 Å². The molecule has 1 aliphatic carbocycles. The molecule has 6 nitrogen and oxygen atoms in total. The van der Waals surface area contributed by atoms with Crippen molar-refractivity contribution in [3.8, 4) is 5.75 Å². The Morgan fingerprint density at radius 2 is 1.92 bits per heavy atom. The second-order valence-corrected chi connectivity index (χ2v) is 9.41. The smallest absolute Gasteiger partial charge is 0.481 e. The monoisotopic (exact) mass is 529 g/mol. The summed E-state index contributed by atoms with van der Waals surface area (Å²) in [6.07, 6.45) is -1.63. The predicted octanol–water partition coefficient (Wildman–Crippen LogP) is 7.27. The first-order valence-electron chi connectivity index (χ1n) is 11.8. The van der Waals surface area contributed by atoms with Gasteiger partial charge in [0.15, 0.2) is 0 Å². The third kappa shape index (κ3) is 5.67. The van der Waals surface area contributed by atoms with Crippen molar-refractivity contribution in [3.05, 3.63) is 82.4 Å². The molecular weight excluding hydrogens is 507 g/mol. The quantitative estimate of drug-likeness (QED) is 0.263. The highest BCUT2D eigenvalue weighted by Crippen LogP contribution is 2.39. The molecule has 1 heterocycles. The number of halogens is 4. The molecule has 10 heteroatoms. The van der Waals surface area contributed by atoms with Crippen molar-refractivity contribution in [1.29, 1.82) is 0 Å². The summed E-state index contributed by atoms with van der Waals surface area (Å²) < 4.78 is 43.7. The highest BCUT2D eigenvalue weighted by molar-refractivity contribution is 6.30. The van der Waals surface area contributed by atoms with Gasteiger partial charge in [-0.2, -0.15) is 0 Å². The number of fused-ring (bicyclic) bond motifs is 2. The lowest BCUT2D eigenvalue weighted by molar-refractivity contribution is -0.274. The minimum Gasteiger partial charge on any atom is -0.481 e. The molecule has 4 aromatic rings. The van der Waals surface area contributed by atoms with Crippen LogP contribution in [0.2, 0.25) is 5.02 Å². The molecule has 1 atom stereocenters. The zero-order valence-electron chi connectivity index (χ0n) is 19.6. The van der Waals surface area contributed by atoms with Crippen molar-refractivity contribution >= 4 is 40.2 Å². The molecule has 0 saturated carbocycles. The molecule has 2 N–H and O–H groups in total. The highest BCUT2D eigenvalue weighted by atomic mass is 35.5. The first-order valence-corrected chi connectivity index (χ1v) is 12.2. The van der Waals surface area contributed by atoms with Gasteiger partial charge in [0.05, 0.1) is 17.1 Å². The van der Waals surface area contributed by atoms with Crippen LogP contribution in [0.15, 0.2) is 60.7 Å². The normalized spacial score (nSPS) is 15.4. The second-order valence-electron chi connectivity index (χ2n) is 8.97. The number of nitrogens with zero attached hydrogens (tertiary/aromatic N) is 2. The number of anilines is 2. The third-order valence-corrected chi connectivity index (χ3v) is 6.66. The number of hydrogen-bond acceptors (Lipinski definition) is 4. The maximum Gasteiger partial charge on any atom is 0.573 e. The molecule has 0 fully saturated rings. The standard InChI is InChI=1S/C27H23ClF3N3O3/c28-18-6-11-21-17(15-18)2-1-3-23(21)34-24-12-4-16(5-13-25(35)36)14-22(24)33-26(34)32-19-7-9-20(10-8-19)37-27(29,30)31/h4,6-12,14-15,23H,1-3,5,13H2,(H,32,33)(H,35,36). The number of carbonyl (C=O) groups is 1. The molecule has 1 aliphatic rings. The van der Waals surface area contributed by atoms with E-state index in [1.54, 1.807) is 0 Å². The maximum atomic E-state index is 12.6. The van der Waals surface area contributed by atoms with Crippen LogP contribution in [-0.2, 0) is 17.6 Å². The van der Waals surface area contributed by atoms with Gasteiger partial charge in [0.1, 0.15) is 5.75 Å². The number of aliphatic carboxylic acids is 1. The van der Waals surface area contributed by atoms with Gasteiger partial charge in [-0.05, 0) is 90.9 Å². The zero-order valence-corrected chi connectivity index (χ0v) is 20.3. The fourth-order valence-electron chi connectivity index (χ4n) is 4.85. The lowest BCUT2D eigenvalue weighted by atomic mass is 9.87. The van der Waals surface area contributed by atoms with E-state index in [4.69, 9.17) is 21.7 Å². The molecule has 0 saturated heterocycles. The first kappa shape index (κ1) is 25.0. The van der Waals surface area contributed by atoms with Gasteiger partial charge in [0.2, 0.25) is 5.95 Å². The number of aromatic nitrogens is 2. The van der Waals surface area contributed by atoms with Crippen LogP contribution in [0.4, 0.5) is 24.8 Å². The molecule has 0 aliphatic heterocycles. The summed E-state index contributed by atoms with van der Waals surface area (Å²) in [5, 5.41) is 13.0. The average molecular weight is 530 g/mol. The van der Waals surface area contributed by atoms with Crippen LogP contribution < -0.4 is 10.1 Å². The second kappa shape index (κ2) is 9.97. The van der Waals surface area contributed by atoms with Gasteiger partial charge in [0, 0.05) is 17.1 Å². The van der Waals surface area contributed by atoms with E-state index in [0.717, 1.165) is 35.9 Å². The Labute approximate surface area is 215 Å². The largest absolute Gasteiger partial charge is 0.573 e. The molecule has 0 spiro atoms. The number of carboxylic acid groups (broad SMARTS) is 1. The summed E-state index contributed by atoms with van der Waals surface area (Å²) in [6.45, 7) is 0. The first-order chi connectivity index (χ1) is 17.7. The minimum absolute atomic E-state index is 0.0143. The Hall–Kier alpha value is -3.72. The van der Waals surface area contributed by atoms with E-state index in [2.05, 4.69) is 14.6 Å². The van der Waals surface area contributed by atoms with Crippen LogP contribution in [0, 0.1) is 0 Å². The van der Waals surface area contributed by atoms with Crippen LogP contribution in [0.25, 0.3) is 11.0 Å². The van der Waals surface area contributed by atoms with Gasteiger partial charge in [-0.15, -0.1) is 13.2 Å². The van der Waals surface area contributed by atoms with E-state index in [0.29, 0.717) is 28.6 Å². The van der Waals surface area contributed by atoms with Gasteiger partial charge in [-0.1, -0.05) is 23.7 Å². The number of nitrogens with one attached hydrogen (secondary N) is 1. The molecule has 37 heavy (non-hydrogen) atoms. The van der Waals surface area contributed by atoms with E-state index in [1.165, 1.54) is 29.8 Å². The lowest BCUT2D eigenvalue weighted by Crippen LogP contribution is -2.19. The zero-order chi connectivity index (χ0) is 26.2. The molecule has 0 bridgehead atoms. The van der Waals surface area contributed by atoms with E-state index >= 15 is 0 Å². The Bertz CT molecular complexity index is 1450. The summed E-state index contributed by atoms with van der Waals surface area (Å²) in [7, 11) is 0. The number of alkyl halides is 3. The molecule has 192 valence electrons. The maximum absolute atomic E-state index is 12.6. The molecule has 1 unspecified atom stereocenters. The Kier molecular flexibility index (Phi) is 6.72. The summed E-state index contributed by atoms with van der Waals surface area (Å²) >= 11 is 6.25. The van der Waals surface area contributed by atoms with Crippen molar-refractivity contribution in [2.24, 2.45) is 0 Å². The Morgan fingerprint density at radius 1 is 1.14 bits per heavy atom. The van der Waals surface area contributed by atoms with Crippen LogP contribution in [0.3, 0.4) is 0 Å². The van der Waals surface area contributed by atoms with E-state index in [9.17, 15) is 18.0 Å². The average Bonchev–Trinajstić information content (AvgIpc) is 3.19. The fraction of sp³-hybridized carbons (Fsp3) is 0.259. The number of ether oxygens (including phenoxy) is 1. The lowest BCUT2D eigenvalue weighted by Gasteiger charge is -2.29. The molecule has 0 amide bonds. The van der Waals surface area contributed by atoms with Crippen LogP contribution >= 0.6 is 11.6 Å². The summed E-state index contributed by atoms with van der Waals surface area (Å²) in [6, 6.07) is 17.0. The van der Waals surface area contributed by atoms with Crippen LogP contribution in [0.1, 0.15) is 42.0 Å². The van der Waals surface area contributed by atoms with E-state index < -0.39 is 12.3 Å². The molecule has 3 aromatic carbocycles. The van der Waals surface area contributed by atoms with Gasteiger partial charge in [-0.25, -0.2) is 4.98 Å². The number of benzene rings is 3. The predicted molar refractivity (Wildman–Crippen MR) is 135 cm³/mol. The molecular formula is C27H23ClF3N3O3. The minimum atomic E-state index is -4.77. The summed E-state index contributed by atoms with van der Waals surface area (Å²) in [5.74, 6) is -0.654. The molecule has 1 aromatic heterocycles. The number of aryl methyl sites for hydroxylation is 2. The Morgan fingerprint density at radius 3 is 2.65 bits per heavy atom. The number of rotatable bonds is 7. The van der Waals surface area contributed by atoms with E-state index in [-0.39, 0.29) is 18.2 Å². The van der Waals surface area contributed by atoms with Gasteiger partial charge in [-0.3, -0.25) is 4.79 Å². The van der Waals surface area contributed by atoms with Gasteiger partial charge >= 0.3 is 12.3 Å². The van der Waals surface area contributed by atoms with Crippen molar-refractivity contribution in [2.75, 3.05) is 5.32 Å². The van der Waals surface area contributed by atoms with Crippen molar-refractivity contribution < 1.29 is 27.8 Å². The highest BCUT2D eigenvalue weighted by Gasteiger charge is 2.31. The number of hydrogen-bond donors (Lipinski definition) is 2. The van der Waals surface area contributed by atoms with Crippen LogP contribution in [-0.4, -0.2) is 27.0 Å². The Balaban J connectivity index is 1.55. The molecule has 5 rings (SSSR count). The van der Waals surface area contributed by atoms with E-state index in [1.807, 2.05) is 36.4 Å². The SMILES string of the molecule is O=C(O)CCc1ccc2c(c1)nc(Nc1ccc(OC(F)(F)F)cc1)n2C1CCCc2cc(Cl)ccc21. The number of carboxylic acids is 1. The summed E-state index contributed by atoms with van der Waals surface area (Å²) in [4.78, 5) is 15.8. The topological polar surface area (TPSA) is 76.4 Å². The van der Waals surface area contributed by atoms with Crippen molar-refractivity contribution in [1.82, 2.24) is 9.55 Å². The van der Waals surface area contributed by atoms with Crippen molar-refractivity contribution in [2.45, 2.75) is 44.5 Å². The summed E-state index contributed by atoms with van der Waals surface area (Å²) in [5.41, 5.74) is 5.28. The molecule has 0 radical (unpaired) electrons.